The van der Waals surface area contributed by atoms with E-state index in [1.165, 1.54) is 42.1 Å². The summed E-state index contributed by atoms with van der Waals surface area (Å²) in [5.41, 5.74) is 1.41. The first-order valence-electron chi connectivity index (χ1n) is 7.94. The van der Waals surface area contributed by atoms with Crippen molar-refractivity contribution in [2.75, 3.05) is 14.1 Å². The second-order valence-corrected chi connectivity index (χ2v) is 6.45. The van der Waals surface area contributed by atoms with Crippen LogP contribution in [0.2, 0.25) is 0 Å². The lowest BCUT2D eigenvalue weighted by atomic mass is 10.0. The van der Waals surface area contributed by atoms with Crippen LogP contribution in [0.1, 0.15) is 21.7 Å². The Kier molecular flexibility index (Phi) is 4.67. The number of thiocarbonyl (C=S) groups is 1. The average molecular weight is 383 g/mol. The number of carboxylic acid groups (broad SMARTS) is 1. The molecule has 0 spiro atoms. The first-order valence-corrected chi connectivity index (χ1v) is 8.35. The zero-order chi connectivity index (χ0) is 19.9. The summed E-state index contributed by atoms with van der Waals surface area (Å²) in [5.74, 6) is -1.46. The number of aromatic carboxylic acids is 1. The number of hydrogen-bond acceptors (Lipinski definition) is 6. The van der Waals surface area contributed by atoms with Crippen molar-refractivity contribution < 1.29 is 23.9 Å². The summed E-state index contributed by atoms with van der Waals surface area (Å²) in [5, 5.41) is 11.1. The number of furan rings is 1. The third-order valence-electron chi connectivity index (χ3n) is 4.28. The first-order chi connectivity index (χ1) is 12.7. The monoisotopic (exact) mass is 383 g/mol. The van der Waals surface area contributed by atoms with Crippen LogP contribution < -0.4 is 5.11 Å². The van der Waals surface area contributed by atoms with Gasteiger partial charge in [-0.3, -0.25) is 19.4 Å². The van der Waals surface area contributed by atoms with Crippen molar-refractivity contribution in [2.45, 2.75) is 6.92 Å². The number of carboxylic acids is 1. The minimum Gasteiger partial charge on any atom is -0.545 e. The maximum atomic E-state index is 12.3. The largest absolute Gasteiger partial charge is 0.545 e. The second kappa shape index (κ2) is 6.81. The van der Waals surface area contributed by atoms with E-state index in [0.717, 1.165) is 0 Å². The van der Waals surface area contributed by atoms with Gasteiger partial charge in [-0.1, -0.05) is 12.1 Å². The lowest BCUT2D eigenvalue weighted by Crippen LogP contribution is -2.52. The molecule has 0 radical (unpaired) electrons. The van der Waals surface area contributed by atoms with E-state index in [1.54, 1.807) is 25.1 Å². The summed E-state index contributed by atoms with van der Waals surface area (Å²) in [6, 6.07) is 7.85. The molecule has 0 unspecified atom stereocenters. The molecule has 1 aliphatic heterocycles. The zero-order valence-electron chi connectivity index (χ0n) is 14.8. The van der Waals surface area contributed by atoms with Gasteiger partial charge in [-0.05, 0) is 54.5 Å². The molecule has 0 N–H and O–H groups in total. The number of benzene rings is 1. The summed E-state index contributed by atoms with van der Waals surface area (Å²) in [6.07, 6.45) is 1.37. The van der Waals surface area contributed by atoms with Gasteiger partial charge in [0.1, 0.15) is 17.1 Å². The van der Waals surface area contributed by atoms with E-state index in [0.29, 0.717) is 22.6 Å². The lowest BCUT2D eigenvalue weighted by Gasteiger charge is -2.31. The van der Waals surface area contributed by atoms with Crippen molar-refractivity contribution in [1.82, 2.24) is 9.80 Å². The number of carbonyl (C=O) groups is 3. The van der Waals surface area contributed by atoms with Gasteiger partial charge < -0.3 is 14.3 Å². The standard InChI is InChI=1S/C19H16N2O5S/c1-10-8-11(18(24)25)4-6-13(10)15-7-5-12(26-15)9-14-16(22)20(2)19(27)21(3)17(14)23/h4-9H,1-3H3,(H,24,25)/p-1. The summed E-state index contributed by atoms with van der Waals surface area (Å²) in [6.45, 7) is 1.75. The average Bonchev–Trinajstić information content (AvgIpc) is 3.10. The highest BCUT2D eigenvalue weighted by molar-refractivity contribution is 7.80. The van der Waals surface area contributed by atoms with E-state index in [9.17, 15) is 19.5 Å². The molecule has 1 fully saturated rings. The van der Waals surface area contributed by atoms with Crippen molar-refractivity contribution in [1.29, 1.82) is 0 Å². The van der Waals surface area contributed by atoms with E-state index in [4.69, 9.17) is 16.6 Å². The van der Waals surface area contributed by atoms with Crippen LogP contribution in [0.4, 0.5) is 0 Å². The molecular formula is C19H15N2O5S-. The number of carbonyl (C=O) groups excluding carboxylic acids is 3. The van der Waals surface area contributed by atoms with Gasteiger partial charge in [0, 0.05) is 19.7 Å². The fourth-order valence-corrected chi connectivity index (χ4v) is 2.93. The maximum absolute atomic E-state index is 12.3. The molecule has 0 aliphatic carbocycles. The molecule has 1 aliphatic rings. The van der Waals surface area contributed by atoms with Crippen LogP contribution in [-0.2, 0) is 9.59 Å². The van der Waals surface area contributed by atoms with Crippen LogP contribution in [0.5, 0.6) is 0 Å². The Labute approximate surface area is 160 Å². The third kappa shape index (κ3) is 3.26. The van der Waals surface area contributed by atoms with Crippen LogP contribution in [-0.4, -0.2) is 46.8 Å². The first kappa shape index (κ1) is 18.5. The molecule has 1 saturated heterocycles. The van der Waals surface area contributed by atoms with E-state index < -0.39 is 17.8 Å². The van der Waals surface area contributed by atoms with Crippen LogP contribution in [0.3, 0.4) is 0 Å². The Hall–Kier alpha value is -3.26. The second-order valence-electron chi connectivity index (χ2n) is 6.09. The fourth-order valence-electron chi connectivity index (χ4n) is 2.76. The number of aryl methyl sites for hydroxylation is 1. The minimum atomic E-state index is -1.25. The van der Waals surface area contributed by atoms with Crippen molar-refractivity contribution >= 4 is 41.2 Å². The molecule has 27 heavy (non-hydrogen) atoms. The van der Waals surface area contributed by atoms with Gasteiger partial charge in [-0.2, -0.15) is 0 Å². The molecule has 7 nitrogen and oxygen atoms in total. The SMILES string of the molecule is Cc1cc(C(=O)[O-])ccc1-c1ccc(C=C2C(=O)N(C)C(=S)N(C)C2=O)o1. The highest BCUT2D eigenvalue weighted by atomic mass is 32.1. The summed E-state index contributed by atoms with van der Waals surface area (Å²) in [7, 11) is 2.99. The molecule has 3 rings (SSSR count). The Balaban J connectivity index is 1.96. The molecule has 1 aromatic heterocycles. The summed E-state index contributed by atoms with van der Waals surface area (Å²) in [4.78, 5) is 38.1. The molecule has 0 atom stereocenters. The van der Waals surface area contributed by atoms with Crippen LogP contribution >= 0.6 is 12.2 Å². The Morgan fingerprint density at radius 1 is 1.11 bits per heavy atom. The Bertz CT molecular complexity index is 995. The van der Waals surface area contributed by atoms with E-state index in [-0.39, 0.29) is 16.2 Å². The van der Waals surface area contributed by atoms with Crippen molar-refractivity contribution in [3.05, 3.63) is 52.8 Å². The Morgan fingerprint density at radius 2 is 1.74 bits per heavy atom. The smallest absolute Gasteiger partial charge is 0.265 e. The van der Waals surface area contributed by atoms with Crippen LogP contribution in [0.15, 0.2) is 40.3 Å². The van der Waals surface area contributed by atoms with E-state index in [2.05, 4.69) is 0 Å². The summed E-state index contributed by atoms with van der Waals surface area (Å²) >= 11 is 5.05. The highest BCUT2D eigenvalue weighted by Gasteiger charge is 2.35. The minimum absolute atomic E-state index is 0.0569. The topological polar surface area (TPSA) is 93.9 Å². The van der Waals surface area contributed by atoms with Gasteiger partial charge in [0.05, 0.1) is 5.97 Å². The van der Waals surface area contributed by atoms with Crippen molar-refractivity contribution in [3.63, 3.8) is 0 Å². The number of nitrogens with zero attached hydrogens (tertiary/aromatic N) is 2. The third-order valence-corrected chi connectivity index (χ3v) is 4.83. The number of hydrogen-bond donors (Lipinski definition) is 0. The molecule has 0 saturated carbocycles. The quantitative estimate of drug-likeness (QED) is 0.449. The number of rotatable bonds is 3. The maximum Gasteiger partial charge on any atom is 0.265 e. The highest BCUT2D eigenvalue weighted by Crippen LogP contribution is 2.28. The molecular weight excluding hydrogens is 368 g/mol. The fraction of sp³-hybridized carbons (Fsp3) is 0.158. The predicted molar refractivity (Wildman–Crippen MR) is 99.3 cm³/mol. The molecule has 138 valence electrons. The zero-order valence-corrected chi connectivity index (χ0v) is 15.6. The molecule has 2 aromatic rings. The summed E-state index contributed by atoms with van der Waals surface area (Å²) < 4.78 is 5.73. The molecule has 0 bridgehead atoms. The lowest BCUT2D eigenvalue weighted by molar-refractivity contribution is -0.255. The number of amides is 2. The van der Waals surface area contributed by atoms with Gasteiger partial charge in [0.25, 0.3) is 11.8 Å². The van der Waals surface area contributed by atoms with Gasteiger partial charge in [-0.15, -0.1) is 0 Å². The van der Waals surface area contributed by atoms with Gasteiger partial charge in [0.15, 0.2) is 5.11 Å². The van der Waals surface area contributed by atoms with Gasteiger partial charge in [0.2, 0.25) is 0 Å². The van der Waals surface area contributed by atoms with Gasteiger partial charge in [-0.25, -0.2) is 0 Å². The molecule has 1 aromatic carbocycles. The normalized spacial score (nSPS) is 14.8. The molecule has 2 amide bonds. The predicted octanol–water partition coefficient (Wildman–Crippen LogP) is 1.22. The Morgan fingerprint density at radius 3 is 2.30 bits per heavy atom. The molecule has 8 heteroatoms. The number of likely N-dealkylation sites (N-methyl/N-ethyl adjacent to an activating group) is 2. The molecule has 2 heterocycles. The van der Waals surface area contributed by atoms with Gasteiger partial charge >= 0.3 is 0 Å². The van der Waals surface area contributed by atoms with Crippen molar-refractivity contribution in [2.24, 2.45) is 0 Å². The van der Waals surface area contributed by atoms with Crippen molar-refractivity contribution in [3.8, 4) is 11.3 Å². The van der Waals surface area contributed by atoms with Crippen LogP contribution in [0.25, 0.3) is 17.4 Å². The van der Waals surface area contributed by atoms with Crippen LogP contribution in [0, 0.1) is 6.92 Å². The van der Waals surface area contributed by atoms with E-state index in [1.807, 2.05) is 0 Å². The van der Waals surface area contributed by atoms with E-state index >= 15 is 0 Å².